The minimum atomic E-state index is -0.453. The highest BCUT2D eigenvalue weighted by atomic mass is 19.1. The monoisotopic (exact) mass is 430 g/mol. The molecule has 0 saturated carbocycles. The van der Waals surface area contributed by atoms with E-state index in [4.69, 9.17) is 9.72 Å². The molecule has 2 heterocycles. The van der Waals surface area contributed by atoms with Crippen molar-refractivity contribution in [2.24, 2.45) is 0 Å². The maximum Gasteiger partial charge on any atom is 0.255 e. The molecule has 1 aliphatic rings. The van der Waals surface area contributed by atoms with Crippen molar-refractivity contribution in [1.29, 1.82) is 0 Å². The van der Waals surface area contributed by atoms with E-state index in [0.717, 1.165) is 42.1 Å². The second-order valence-electron chi connectivity index (χ2n) is 7.79. The summed E-state index contributed by atoms with van der Waals surface area (Å²) in [5.74, 6) is 0.717. The number of hydrogen-bond donors (Lipinski definition) is 1. The van der Waals surface area contributed by atoms with Crippen LogP contribution in [0.5, 0.6) is 5.75 Å². The average molecular weight is 430 g/mol. The van der Waals surface area contributed by atoms with Gasteiger partial charge in [0.2, 0.25) is 0 Å². The van der Waals surface area contributed by atoms with Crippen LogP contribution in [-0.4, -0.2) is 29.1 Å². The molecule has 6 nitrogen and oxygen atoms in total. The molecule has 0 spiro atoms. The summed E-state index contributed by atoms with van der Waals surface area (Å²) in [5, 5.41) is 2.86. The Labute approximate surface area is 185 Å². The van der Waals surface area contributed by atoms with Crippen molar-refractivity contribution in [3.05, 3.63) is 83.9 Å². The number of ether oxygens (including phenoxy) is 1. The molecule has 0 unspecified atom stereocenters. The molecule has 1 aliphatic heterocycles. The number of amides is 1. The van der Waals surface area contributed by atoms with Crippen molar-refractivity contribution in [3.63, 3.8) is 0 Å². The number of aryl methyl sites for hydroxylation is 1. The summed E-state index contributed by atoms with van der Waals surface area (Å²) < 4.78 is 21.3. The van der Waals surface area contributed by atoms with E-state index in [1.807, 2.05) is 36.4 Å². The molecule has 0 aliphatic carbocycles. The first kappa shape index (κ1) is 20.1. The van der Waals surface area contributed by atoms with Gasteiger partial charge >= 0.3 is 0 Å². The van der Waals surface area contributed by atoms with Crippen LogP contribution in [0.25, 0.3) is 11.0 Å². The number of anilines is 2. The fraction of sp³-hybridized carbons (Fsp3) is 0.200. The van der Waals surface area contributed by atoms with Crippen molar-refractivity contribution in [2.75, 3.05) is 23.9 Å². The van der Waals surface area contributed by atoms with Gasteiger partial charge in [-0.15, -0.1) is 0 Å². The van der Waals surface area contributed by atoms with Crippen molar-refractivity contribution >= 4 is 28.3 Å². The summed E-state index contributed by atoms with van der Waals surface area (Å²) in [6, 6.07) is 19.5. The number of hydrogen-bond acceptors (Lipinski definition) is 4. The third-order valence-corrected chi connectivity index (χ3v) is 5.76. The molecule has 0 fully saturated rings. The summed E-state index contributed by atoms with van der Waals surface area (Å²) in [4.78, 5) is 19.8. The van der Waals surface area contributed by atoms with Crippen LogP contribution >= 0.6 is 0 Å². The van der Waals surface area contributed by atoms with Gasteiger partial charge < -0.3 is 19.5 Å². The fourth-order valence-electron chi connectivity index (χ4n) is 4.20. The van der Waals surface area contributed by atoms with Gasteiger partial charge in [0.15, 0.2) is 0 Å². The third-order valence-electron chi connectivity index (χ3n) is 5.76. The van der Waals surface area contributed by atoms with Crippen molar-refractivity contribution in [3.8, 4) is 5.75 Å². The second-order valence-corrected chi connectivity index (χ2v) is 7.79. The molecule has 7 heteroatoms. The van der Waals surface area contributed by atoms with Gasteiger partial charge in [-0.25, -0.2) is 9.37 Å². The molecule has 0 atom stereocenters. The molecule has 1 N–H and O–H groups in total. The summed E-state index contributed by atoms with van der Waals surface area (Å²) in [6.07, 6.45) is 0.977. The Morgan fingerprint density at radius 2 is 1.94 bits per heavy atom. The molecular formula is C25H23FN4O2. The molecular weight excluding hydrogens is 407 g/mol. The Morgan fingerprint density at radius 1 is 1.06 bits per heavy atom. The molecule has 32 heavy (non-hydrogen) atoms. The molecule has 1 amide bonds. The van der Waals surface area contributed by atoms with E-state index in [2.05, 4.69) is 20.9 Å². The van der Waals surface area contributed by atoms with E-state index < -0.39 is 11.7 Å². The molecule has 162 valence electrons. The number of para-hydroxylation sites is 2. The maximum absolute atomic E-state index is 13.5. The van der Waals surface area contributed by atoms with Crippen LogP contribution in [-0.2, 0) is 13.1 Å². The minimum absolute atomic E-state index is 0.251. The van der Waals surface area contributed by atoms with E-state index in [1.165, 1.54) is 18.2 Å². The van der Waals surface area contributed by atoms with Crippen LogP contribution in [0.3, 0.4) is 0 Å². The quantitative estimate of drug-likeness (QED) is 0.503. The standard InChI is InChI=1S/C25H23FN4O2/c1-32-23-11-10-19(15-21(23)28-25(31)17-6-4-7-18(26)14-17)29-12-5-13-30-22-9-3-2-8-20(22)27-24(30)16-29/h2-4,6-11,14-15H,5,12-13,16H2,1H3,(H,28,31). The predicted molar refractivity (Wildman–Crippen MR) is 123 cm³/mol. The first-order valence-electron chi connectivity index (χ1n) is 10.6. The minimum Gasteiger partial charge on any atom is -0.495 e. The lowest BCUT2D eigenvalue weighted by molar-refractivity contribution is 0.102. The van der Waals surface area contributed by atoms with Gasteiger partial charge in [0.05, 0.1) is 30.4 Å². The van der Waals surface area contributed by atoms with E-state index in [-0.39, 0.29) is 5.56 Å². The number of fused-ring (bicyclic) bond motifs is 3. The van der Waals surface area contributed by atoms with E-state index in [0.29, 0.717) is 18.0 Å². The zero-order chi connectivity index (χ0) is 22.1. The topological polar surface area (TPSA) is 59.4 Å². The Morgan fingerprint density at radius 3 is 2.78 bits per heavy atom. The summed E-state index contributed by atoms with van der Waals surface area (Å²) >= 11 is 0. The average Bonchev–Trinajstić information content (AvgIpc) is 3.01. The van der Waals surface area contributed by atoms with Crippen LogP contribution < -0.4 is 15.0 Å². The summed E-state index contributed by atoms with van der Waals surface area (Å²) in [6.45, 7) is 2.44. The van der Waals surface area contributed by atoms with Crippen LogP contribution in [0.2, 0.25) is 0 Å². The number of methoxy groups -OCH3 is 1. The number of nitrogens with one attached hydrogen (secondary N) is 1. The number of benzene rings is 3. The van der Waals surface area contributed by atoms with Crippen LogP contribution in [0, 0.1) is 5.82 Å². The Balaban J connectivity index is 1.44. The van der Waals surface area contributed by atoms with Gasteiger partial charge in [-0.2, -0.15) is 0 Å². The van der Waals surface area contributed by atoms with Gasteiger partial charge in [0.1, 0.15) is 17.4 Å². The zero-order valence-corrected chi connectivity index (χ0v) is 17.7. The molecule has 3 aromatic carbocycles. The van der Waals surface area contributed by atoms with Crippen molar-refractivity contribution in [2.45, 2.75) is 19.5 Å². The smallest absolute Gasteiger partial charge is 0.255 e. The van der Waals surface area contributed by atoms with E-state index >= 15 is 0 Å². The highest BCUT2D eigenvalue weighted by Crippen LogP contribution is 2.32. The molecule has 0 radical (unpaired) electrons. The molecule has 0 bridgehead atoms. The number of carbonyl (C=O) groups is 1. The van der Waals surface area contributed by atoms with Gasteiger partial charge in [-0.05, 0) is 55.0 Å². The number of aromatic nitrogens is 2. The lowest BCUT2D eigenvalue weighted by atomic mass is 10.2. The fourth-order valence-corrected chi connectivity index (χ4v) is 4.20. The highest BCUT2D eigenvalue weighted by Gasteiger charge is 2.20. The normalized spacial score (nSPS) is 13.5. The molecule has 1 aromatic heterocycles. The van der Waals surface area contributed by atoms with Crippen molar-refractivity contribution < 1.29 is 13.9 Å². The number of carbonyl (C=O) groups excluding carboxylic acids is 1. The largest absolute Gasteiger partial charge is 0.495 e. The van der Waals surface area contributed by atoms with Gasteiger partial charge in [-0.3, -0.25) is 4.79 Å². The number of halogens is 1. The predicted octanol–water partition coefficient (Wildman–Crippen LogP) is 4.85. The Hall–Kier alpha value is -3.87. The molecule has 0 saturated heterocycles. The Kier molecular flexibility index (Phi) is 5.23. The second kappa shape index (κ2) is 8.34. The highest BCUT2D eigenvalue weighted by molar-refractivity contribution is 6.05. The molecule has 5 rings (SSSR count). The number of nitrogens with zero attached hydrogens (tertiary/aromatic N) is 3. The van der Waals surface area contributed by atoms with Crippen LogP contribution in [0.15, 0.2) is 66.7 Å². The van der Waals surface area contributed by atoms with E-state index in [1.54, 1.807) is 13.2 Å². The van der Waals surface area contributed by atoms with Crippen LogP contribution in [0.4, 0.5) is 15.8 Å². The van der Waals surface area contributed by atoms with Gasteiger partial charge in [0, 0.05) is 24.3 Å². The SMILES string of the molecule is COc1ccc(N2CCCn3c(nc4ccccc43)C2)cc1NC(=O)c1cccc(F)c1. The number of imidazole rings is 1. The van der Waals surface area contributed by atoms with Crippen LogP contribution in [0.1, 0.15) is 22.6 Å². The van der Waals surface area contributed by atoms with Gasteiger partial charge in [-0.1, -0.05) is 18.2 Å². The van der Waals surface area contributed by atoms with Gasteiger partial charge in [0.25, 0.3) is 5.91 Å². The lowest BCUT2D eigenvalue weighted by Crippen LogP contribution is -2.23. The third kappa shape index (κ3) is 3.77. The molecule has 4 aromatic rings. The number of rotatable bonds is 4. The summed E-state index contributed by atoms with van der Waals surface area (Å²) in [7, 11) is 1.56. The first-order chi connectivity index (χ1) is 15.6. The lowest BCUT2D eigenvalue weighted by Gasteiger charge is -2.23. The zero-order valence-electron chi connectivity index (χ0n) is 17.7. The maximum atomic E-state index is 13.5. The summed E-state index contributed by atoms with van der Waals surface area (Å²) in [5.41, 5.74) is 3.91. The first-order valence-corrected chi connectivity index (χ1v) is 10.6. The van der Waals surface area contributed by atoms with Crippen molar-refractivity contribution in [1.82, 2.24) is 9.55 Å². The van der Waals surface area contributed by atoms with E-state index in [9.17, 15) is 9.18 Å². The Bertz CT molecular complexity index is 1300.